The number of hydrogen-bond acceptors (Lipinski definition) is 6. The highest BCUT2D eigenvalue weighted by atomic mass is 16.5. The number of aliphatic hydroxyl groups is 2. The average Bonchev–Trinajstić information content (AvgIpc) is 2.78. The average molecular weight is 364 g/mol. The van der Waals surface area contributed by atoms with Crippen molar-refractivity contribution in [3.63, 3.8) is 0 Å². The number of rotatable bonds is 6. The lowest BCUT2D eigenvalue weighted by atomic mass is 9.93. The van der Waals surface area contributed by atoms with E-state index >= 15 is 0 Å². The lowest BCUT2D eigenvalue weighted by Gasteiger charge is -2.26. The number of carbonyl (C=O) groups excluding carboxylic acids is 2. The van der Waals surface area contributed by atoms with Crippen molar-refractivity contribution in [2.24, 2.45) is 5.92 Å². The molecule has 0 saturated carbocycles. The zero-order chi connectivity index (χ0) is 19.6. The molecule has 0 aromatic rings. The van der Waals surface area contributed by atoms with Gasteiger partial charge < -0.3 is 19.7 Å². The topological polar surface area (TPSA) is 93.1 Å². The summed E-state index contributed by atoms with van der Waals surface area (Å²) < 4.78 is 10.8. The van der Waals surface area contributed by atoms with Crippen LogP contribution in [0.15, 0.2) is 35.1 Å². The normalized spacial score (nSPS) is 26.4. The molecule has 2 aliphatic rings. The van der Waals surface area contributed by atoms with Crippen LogP contribution in [-0.4, -0.2) is 45.9 Å². The Labute approximate surface area is 154 Å². The Morgan fingerprint density at radius 3 is 2.54 bits per heavy atom. The van der Waals surface area contributed by atoms with Gasteiger partial charge in [0.25, 0.3) is 0 Å². The molecular formula is C20H28O6. The zero-order valence-corrected chi connectivity index (χ0v) is 16.0. The van der Waals surface area contributed by atoms with Crippen molar-refractivity contribution >= 4 is 11.8 Å². The molecule has 144 valence electrons. The van der Waals surface area contributed by atoms with Gasteiger partial charge in [0.2, 0.25) is 5.78 Å². The van der Waals surface area contributed by atoms with Gasteiger partial charge in [0.05, 0.1) is 12.2 Å². The Morgan fingerprint density at radius 2 is 2.00 bits per heavy atom. The predicted octanol–water partition coefficient (Wildman–Crippen LogP) is 2.20. The van der Waals surface area contributed by atoms with Gasteiger partial charge in [0, 0.05) is 30.9 Å². The summed E-state index contributed by atoms with van der Waals surface area (Å²) in [6.07, 6.45) is 3.10. The molecule has 0 aromatic carbocycles. The molecule has 0 amide bonds. The van der Waals surface area contributed by atoms with Crippen LogP contribution in [0.4, 0.5) is 0 Å². The molecule has 6 nitrogen and oxygen atoms in total. The Kier molecular flexibility index (Phi) is 6.09. The molecule has 4 atom stereocenters. The number of ketones is 1. The summed E-state index contributed by atoms with van der Waals surface area (Å²) in [7, 11) is 0. The number of ether oxygens (including phenoxy) is 2. The SMILES string of the molecule is CC1=CC(=O)O[C@H](/C=C(\C)C(O)CC(O)C(C)C2=CC(=O)C(C)(C)O2)C1. The van der Waals surface area contributed by atoms with Crippen molar-refractivity contribution in [2.45, 2.75) is 71.4 Å². The predicted molar refractivity (Wildman–Crippen MR) is 96.1 cm³/mol. The van der Waals surface area contributed by atoms with E-state index in [2.05, 4.69) is 0 Å². The highest BCUT2D eigenvalue weighted by Crippen LogP contribution is 2.31. The first-order valence-corrected chi connectivity index (χ1v) is 8.87. The first-order valence-electron chi connectivity index (χ1n) is 8.87. The monoisotopic (exact) mass is 364 g/mol. The minimum Gasteiger partial charge on any atom is -0.484 e. The Bertz CT molecular complexity index is 670. The van der Waals surface area contributed by atoms with Gasteiger partial charge >= 0.3 is 5.97 Å². The molecule has 2 N–H and O–H groups in total. The molecule has 2 rings (SSSR count). The van der Waals surface area contributed by atoms with Crippen molar-refractivity contribution < 1.29 is 29.3 Å². The summed E-state index contributed by atoms with van der Waals surface area (Å²) in [4.78, 5) is 23.3. The van der Waals surface area contributed by atoms with E-state index < -0.39 is 29.8 Å². The molecule has 6 heteroatoms. The third-order valence-corrected chi connectivity index (χ3v) is 4.86. The van der Waals surface area contributed by atoms with Gasteiger partial charge in [0.1, 0.15) is 11.9 Å². The highest BCUT2D eigenvalue weighted by molar-refractivity contribution is 5.98. The molecule has 0 aliphatic carbocycles. The standard InChI is InChI=1S/C20H28O6/c1-11-6-14(25-19(24)7-11)8-12(2)15(21)9-16(22)13(3)17-10-18(23)20(4,5)26-17/h7-8,10,13-16,21-22H,6,9H2,1-5H3/b12-8+/t13?,14-,15?,16?/m0/s1. The van der Waals surface area contributed by atoms with Gasteiger partial charge in [-0.1, -0.05) is 12.5 Å². The summed E-state index contributed by atoms with van der Waals surface area (Å²) in [5.41, 5.74) is 0.645. The fraction of sp³-hybridized carbons (Fsp3) is 0.600. The van der Waals surface area contributed by atoms with Crippen molar-refractivity contribution in [1.29, 1.82) is 0 Å². The van der Waals surface area contributed by atoms with Crippen molar-refractivity contribution in [1.82, 2.24) is 0 Å². The molecule has 0 radical (unpaired) electrons. The Balaban J connectivity index is 1.96. The van der Waals surface area contributed by atoms with Crippen LogP contribution in [-0.2, 0) is 19.1 Å². The third-order valence-electron chi connectivity index (χ3n) is 4.86. The van der Waals surface area contributed by atoms with Crippen LogP contribution in [0.1, 0.15) is 47.5 Å². The molecule has 2 aliphatic heterocycles. The molecule has 2 heterocycles. The minimum atomic E-state index is -0.909. The van der Waals surface area contributed by atoms with Gasteiger partial charge in [0.15, 0.2) is 5.60 Å². The third kappa shape index (κ3) is 4.83. The summed E-state index contributed by atoms with van der Waals surface area (Å²) in [5.74, 6) is -0.501. The van der Waals surface area contributed by atoms with Gasteiger partial charge in [-0.15, -0.1) is 0 Å². The van der Waals surface area contributed by atoms with Crippen LogP contribution >= 0.6 is 0 Å². The van der Waals surface area contributed by atoms with E-state index in [4.69, 9.17) is 9.47 Å². The van der Waals surface area contributed by atoms with Gasteiger partial charge in [-0.25, -0.2) is 4.79 Å². The lowest BCUT2D eigenvalue weighted by Crippen LogP contribution is -2.30. The molecule has 0 saturated heterocycles. The van der Waals surface area contributed by atoms with Gasteiger partial charge in [-0.2, -0.15) is 0 Å². The molecule has 0 fully saturated rings. The van der Waals surface area contributed by atoms with E-state index in [0.717, 1.165) is 5.57 Å². The van der Waals surface area contributed by atoms with Crippen LogP contribution in [0.5, 0.6) is 0 Å². The maximum Gasteiger partial charge on any atom is 0.331 e. The quantitative estimate of drug-likeness (QED) is 0.554. The number of aliphatic hydroxyl groups excluding tert-OH is 2. The second-order valence-electron chi connectivity index (χ2n) is 7.71. The molecule has 3 unspecified atom stereocenters. The van der Waals surface area contributed by atoms with Crippen LogP contribution in [0.2, 0.25) is 0 Å². The molecule has 0 spiro atoms. The van der Waals surface area contributed by atoms with E-state index in [1.54, 1.807) is 33.8 Å². The second kappa shape index (κ2) is 7.76. The summed E-state index contributed by atoms with van der Waals surface area (Å²) >= 11 is 0. The van der Waals surface area contributed by atoms with E-state index in [9.17, 15) is 19.8 Å². The van der Waals surface area contributed by atoms with E-state index in [1.807, 2.05) is 6.92 Å². The fourth-order valence-corrected chi connectivity index (χ4v) is 3.01. The molecule has 26 heavy (non-hydrogen) atoms. The maximum absolute atomic E-state index is 11.9. The largest absolute Gasteiger partial charge is 0.484 e. The molecular weight excluding hydrogens is 336 g/mol. The van der Waals surface area contributed by atoms with Crippen LogP contribution in [0.3, 0.4) is 0 Å². The fourth-order valence-electron chi connectivity index (χ4n) is 3.01. The first kappa shape index (κ1) is 20.4. The van der Waals surface area contributed by atoms with Crippen LogP contribution < -0.4 is 0 Å². The van der Waals surface area contributed by atoms with Crippen LogP contribution in [0, 0.1) is 5.92 Å². The summed E-state index contributed by atoms with van der Waals surface area (Å²) in [6, 6.07) is 0. The lowest BCUT2D eigenvalue weighted by molar-refractivity contribution is -0.142. The van der Waals surface area contributed by atoms with E-state index in [1.165, 1.54) is 12.2 Å². The van der Waals surface area contributed by atoms with Crippen molar-refractivity contribution in [2.75, 3.05) is 0 Å². The zero-order valence-electron chi connectivity index (χ0n) is 16.0. The Hall–Kier alpha value is -1.92. The van der Waals surface area contributed by atoms with E-state index in [0.29, 0.717) is 17.8 Å². The van der Waals surface area contributed by atoms with E-state index in [-0.39, 0.29) is 18.2 Å². The van der Waals surface area contributed by atoms with Crippen LogP contribution in [0.25, 0.3) is 0 Å². The molecule has 0 aromatic heterocycles. The summed E-state index contributed by atoms with van der Waals surface area (Å²) in [6.45, 7) is 8.72. The first-order chi connectivity index (χ1) is 12.0. The Morgan fingerprint density at radius 1 is 1.35 bits per heavy atom. The minimum absolute atomic E-state index is 0.0916. The van der Waals surface area contributed by atoms with Crippen molar-refractivity contribution in [3.05, 3.63) is 35.1 Å². The summed E-state index contributed by atoms with van der Waals surface area (Å²) in [5, 5.41) is 20.8. The smallest absolute Gasteiger partial charge is 0.331 e. The maximum atomic E-state index is 11.9. The van der Waals surface area contributed by atoms with Gasteiger partial charge in [-0.05, 0) is 39.3 Å². The molecule has 0 bridgehead atoms. The number of cyclic esters (lactones) is 1. The number of carbonyl (C=O) groups is 2. The number of hydrogen-bond donors (Lipinski definition) is 2. The van der Waals surface area contributed by atoms with Crippen molar-refractivity contribution in [3.8, 4) is 0 Å². The number of esters is 1. The highest BCUT2D eigenvalue weighted by Gasteiger charge is 2.38. The van der Waals surface area contributed by atoms with Gasteiger partial charge in [-0.3, -0.25) is 4.79 Å². The second-order valence-corrected chi connectivity index (χ2v) is 7.71.